The molecule has 0 aliphatic rings. The number of halogens is 4. The molecular formula is C16H11Cl3FN3O3S. The van der Waals surface area contributed by atoms with E-state index in [0.717, 1.165) is 17.9 Å². The van der Waals surface area contributed by atoms with E-state index in [1.807, 2.05) is 0 Å². The van der Waals surface area contributed by atoms with Crippen LogP contribution >= 0.6 is 34.8 Å². The summed E-state index contributed by atoms with van der Waals surface area (Å²) in [7, 11) is -3.85. The second-order valence-electron chi connectivity index (χ2n) is 5.74. The van der Waals surface area contributed by atoms with E-state index in [-0.39, 0.29) is 22.5 Å². The number of amides is 1. The van der Waals surface area contributed by atoms with Crippen LogP contribution in [0.4, 0.5) is 4.39 Å². The molecule has 0 atom stereocenters. The lowest BCUT2D eigenvalue weighted by molar-refractivity contribution is 0.0978. The smallest absolute Gasteiger partial charge is 0.267 e. The van der Waals surface area contributed by atoms with Gasteiger partial charge in [0.15, 0.2) is 0 Å². The molecule has 1 N–H and O–H groups in total. The second-order valence-corrected chi connectivity index (χ2v) is 8.71. The molecule has 0 saturated heterocycles. The number of benzene rings is 2. The molecule has 0 aliphatic heterocycles. The van der Waals surface area contributed by atoms with Gasteiger partial charge in [0.2, 0.25) is 10.0 Å². The molecule has 1 aromatic heterocycles. The molecule has 1 heterocycles. The van der Waals surface area contributed by atoms with Crippen molar-refractivity contribution in [2.45, 2.75) is 6.54 Å². The summed E-state index contributed by atoms with van der Waals surface area (Å²) in [6.07, 6.45) is 2.00. The Morgan fingerprint density at radius 1 is 1.19 bits per heavy atom. The molecule has 11 heteroatoms. The van der Waals surface area contributed by atoms with Crippen molar-refractivity contribution < 1.29 is 17.6 Å². The van der Waals surface area contributed by atoms with E-state index in [2.05, 4.69) is 5.10 Å². The van der Waals surface area contributed by atoms with Crippen molar-refractivity contribution in [1.29, 1.82) is 0 Å². The number of nitrogens with one attached hydrogen (secondary N) is 1. The summed E-state index contributed by atoms with van der Waals surface area (Å²) >= 11 is 18.1. The Hall–Kier alpha value is -1.87. The number of nitrogens with zero attached hydrogens (tertiary/aromatic N) is 2. The first kappa shape index (κ1) is 19.9. The zero-order valence-electron chi connectivity index (χ0n) is 13.6. The number of carbonyl (C=O) groups excluding carboxylic acids is 1. The minimum atomic E-state index is -3.85. The van der Waals surface area contributed by atoms with Gasteiger partial charge < -0.3 is 0 Å². The van der Waals surface area contributed by atoms with E-state index in [9.17, 15) is 17.6 Å². The molecule has 142 valence electrons. The highest BCUT2D eigenvalue weighted by atomic mass is 35.5. The quantitative estimate of drug-likeness (QED) is 0.654. The number of hydrogen-bond acceptors (Lipinski definition) is 4. The molecule has 2 aromatic carbocycles. The average Bonchev–Trinajstić information content (AvgIpc) is 2.97. The fourth-order valence-electron chi connectivity index (χ4n) is 2.52. The van der Waals surface area contributed by atoms with E-state index in [4.69, 9.17) is 34.8 Å². The zero-order valence-corrected chi connectivity index (χ0v) is 16.7. The fourth-order valence-corrected chi connectivity index (χ4v) is 3.60. The first-order chi connectivity index (χ1) is 12.6. The first-order valence-corrected chi connectivity index (χ1v) is 10.4. The molecule has 0 fully saturated rings. The van der Waals surface area contributed by atoms with E-state index >= 15 is 0 Å². The third-order valence-electron chi connectivity index (χ3n) is 3.65. The molecule has 0 unspecified atom stereocenters. The maximum absolute atomic E-state index is 14.7. The number of aromatic nitrogens is 2. The summed E-state index contributed by atoms with van der Waals surface area (Å²) < 4.78 is 40.3. The van der Waals surface area contributed by atoms with Crippen LogP contribution in [-0.4, -0.2) is 30.4 Å². The number of fused-ring (bicyclic) bond motifs is 1. The van der Waals surface area contributed by atoms with Crippen molar-refractivity contribution in [2.75, 3.05) is 6.26 Å². The van der Waals surface area contributed by atoms with Gasteiger partial charge in [-0.05, 0) is 23.8 Å². The molecule has 0 radical (unpaired) electrons. The van der Waals surface area contributed by atoms with Gasteiger partial charge in [0.25, 0.3) is 5.91 Å². The van der Waals surface area contributed by atoms with Crippen LogP contribution in [0.1, 0.15) is 15.9 Å². The number of sulfonamides is 1. The van der Waals surface area contributed by atoms with E-state index in [1.54, 1.807) is 22.9 Å². The van der Waals surface area contributed by atoms with Crippen molar-refractivity contribution in [3.63, 3.8) is 0 Å². The normalized spacial score (nSPS) is 11.7. The van der Waals surface area contributed by atoms with Crippen LogP contribution in [0.5, 0.6) is 0 Å². The van der Waals surface area contributed by atoms with Crippen LogP contribution in [0.15, 0.2) is 30.5 Å². The van der Waals surface area contributed by atoms with Crippen molar-refractivity contribution in [3.8, 4) is 0 Å². The van der Waals surface area contributed by atoms with Crippen LogP contribution in [0.2, 0.25) is 15.1 Å². The number of hydrogen-bond donors (Lipinski definition) is 1. The number of rotatable bonds is 4. The standard InChI is InChI=1S/C16H11Cl3FN3O3S/c1-27(25,26)22-16(24)9-5-13(19)15-10(14(9)20)6-21-23(15)7-8-2-3-11(17)12(18)4-8/h2-6H,7H2,1H3,(H,22,24). The molecule has 6 nitrogen and oxygen atoms in total. The lowest BCUT2D eigenvalue weighted by Gasteiger charge is -2.09. The molecule has 3 rings (SSSR count). The predicted molar refractivity (Wildman–Crippen MR) is 103 cm³/mol. The van der Waals surface area contributed by atoms with Gasteiger partial charge in [-0.1, -0.05) is 40.9 Å². The molecule has 0 aliphatic carbocycles. The van der Waals surface area contributed by atoms with Gasteiger partial charge in [-0.25, -0.2) is 17.5 Å². The zero-order chi connectivity index (χ0) is 19.9. The summed E-state index contributed by atoms with van der Waals surface area (Å²) in [5, 5.41) is 4.90. The SMILES string of the molecule is CS(=O)(=O)NC(=O)c1cc(Cl)c2c(cnn2Cc2ccc(Cl)c(Cl)c2)c1F. The van der Waals surface area contributed by atoms with Crippen LogP contribution < -0.4 is 4.72 Å². The maximum Gasteiger partial charge on any atom is 0.267 e. The topological polar surface area (TPSA) is 81.1 Å². The third kappa shape index (κ3) is 4.19. The lowest BCUT2D eigenvalue weighted by Crippen LogP contribution is -2.30. The molecule has 27 heavy (non-hydrogen) atoms. The lowest BCUT2D eigenvalue weighted by atomic mass is 10.1. The van der Waals surface area contributed by atoms with Gasteiger partial charge in [-0.2, -0.15) is 5.10 Å². The number of carbonyl (C=O) groups is 1. The maximum atomic E-state index is 14.7. The molecule has 1 amide bonds. The summed E-state index contributed by atoms with van der Waals surface area (Å²) in [6, 6.07) is 6.07. The Kier molecular flexibility index (Phi) is 5.36. The third-order valence-corrected chi connectivity index (χ3v) is 5.23. The van der Waals surface area contributed by atoms with Gasteiger partial charge in [-0.15, -0.1) is 0 Å². The van der Waals surface area contributed by atoms with Crippen molar-refractivity contribution in [1.82, 2.24) is 14.5 Å². The Bertz CT molecular complexity index is 1180. The van der Waals surface area contributed by atoms with Crippen LogP contribution in [0.25, 0.3) is 10.9 Å². The Labute approximate surface area is 168 Å². The first-order valence-electron chi connectivity index (χ1n) is 7.36. The van der Waals surface area contributed by atoms with Crippen LogP contribution in [-0.2, 0) is 16.6 Å². The molecule has 3 aromatic rings. The highest BCUT2D eigenvalue weighted by Crippen LogP contribution is 2.30. The fraction of sp³-hybridized carbons (Fsp3) is 0.125. The average molecular weight is 451 g/mol. The largest absolute Gasteiger partial charge is 0.268 e. The van der Waals surface area contributed by atoms with Gasteiger partial charge in [-0.3, -0.25) is 9.48 Å². The van der Waals surface area contributed by atoms with E-state index < -0.39 is 27.3 Å². The van der Waals surface area contributed by atoms with Gasteiger partial charge >= 0.3 is 0 Å². The Morgan fingerprint density at radius 3 is 2.52 bits per heavy atom. The van der Waals surface area contributed by atoms with E-state index in [1.165, 1.54) is 10.9 Å². The Balaban J connectivity index is 2.05. The van der Waals surface area contributed by atoms with Crippen LogP contribution in [0.3, 0.4) is 0 Å². The monoisotopic (exact) mass is 449 g/mol. The Morgan fingerprint density at radius 2 is 1.89 bits per heavy atom. The van der Waals surface area contributed by atoms with Gasteiger partial charge in [0.05, 0.1) is 50.5 Å². The molecular weight excluding hydrogens is 440 g/mol. The highest BCUT2D eigenvalue weighted by molar-refractivity contribution is 7.89. The van der Waals surface area contributed by atoms with Crippen molar-refractivity contribution in [2.24, 2.45) is 0 Å². The minimum Gasteiger partial charge on any atom is -0.268 e. The van der Waals surface area contributed by atoms with Gasteiger partial charge in [0, 0.05) is 0 Å². The van der Waals surface area contributed by atoms with E-state index in [0.29, 0.717) is 10.0 Å². The second kappa shape index (κ2) is 7.27. The van der Waals surface area contributed by atoms with Crippen molar-refractivity contribution in [3.05, 3.63) is 62.5 Å². The summed E-state index contributed by atoms with van der Waals surface area (Å²) in [6.45, 7) is 0.231. The molecule has 0 spiro atoms. The molecule has 0 bridgehead atoms. The molecule has 0 saturated carbocycles. The van der Waals surface area contributed by atoms with Crippen LogP contribution in [0, 0.1) is 5.82 Å². The summed E-state index contributed by atoms with van der Waals surface area (Å²) in [5.74, 6) is -2.04. The van der Waals surface area contributed by atoms with Gasteiger partial charge in [0.1, 0.15) is 5.82 Å². The van der Waals surface area contributed by atoms with Crippen molar-refractivity contribution >= 4 is 61.6 Å². The summed E-state index contributed by atoms with van der Waals surface area (Å²) in [5.41, 5.74) is 0.521. The predicted octanol–water partition coefficient (Wildman–Crippen LogP) is 3.87. The minimum absolute atomic E-state index is 0.0128. The summed E-state index contributed by atoms with van der Waals surface area (Å²) in [4.78, 5) is 12.0. The highest BCUT2D eigenvalue weighted by Gasteiger charge is 2.22.